The Morgan fingerprint density at radius 1 is 0.966 bits per heavy atom. The van der Waals surface area contributed by atoms with Crippen LogP contribution in [0.25, 0.3) is 11.1 Å². The van der Waals surface area contributed by atoms with E-state index in [9.17, 15) is 15.0 Å². The van der Waals surface area contributed by atoms with E-state index < -0.39 is 11.6 Å². The Kier molecular flexibility index (Phi) is 5.76. The fourth-order valence-corrected chi connectivity index (χ4v) is 3.41. The molecule has 150 valence electrons. The van der Waals surface area contributed by atoms with Crippen molar-refractivity contribution in [3.8, 4) is 22.6 Å². The first-order chi connectivity index (χ1) is 13.7. The minimum Gasteiger partial charge on any atom is -0.507 e. The lowest BCUT2D eigenvalue weighted by molar-refractivity contribution is 0.0658. The number of aromatic hydroxyl groups is 1. The first-order valence-corrected chi connectivity index (χ1v) is 9.65. The molecule has 0 aliphatic carbocycles. The molecular weight excluding hydrogens is 364 g/mol. The van der Waals surface area contributed by atoms with Crippen molar-refractivity contribution in [1.29, 1.82) is 0 Å². The first kappa shape index (κ1) is 20.6. The van der Waals surface area contributed by atoms with Gasteiger partial charge in [-0.15, -0.1) is 0 Å². The van der Waals surface area contributed by atoms with Gasteiger partial charge in [-0.1, -0.05) is 62.4 Å². The number of hydrogen-bond acceptors (Lipinski definition) is 4. The van der Waals surface area contributed by atoms with Crippen molar-refractivity contribution >= 4 is 5.97 Å². The standard InChI is InChI=1S/C25H26O4/c1-16(2)19-15-20(29-24(27)18-13-9-6-10-14-18)22(25(3,4)28)21(23(19)26)17-11-7-5-8-12-17/h5-16,26,28H,1-4H3. The highest BCUT2D eigenvalue weighted by atomic mass is 16.5. The Morgan fingerprint density at radius 3 is 2.03 bits per heavy atom. The lowest BCUT2D eigenvalue weighted by atomic mass is 9.84. The third-order valence-electron chi connectivity index (χ3n) is 4.80. The van der Waals surface area contributed by atoms with Crippen molar-refractivity contribution in [3.05, 3.63) is 83.4 Å². The highest BCUT2D eigenvalue weighted by Crippen LogP contribution is 2.47. The van der Waals surface area contributed by atoms with Crippen molar-refractivity contribution in [2.45, 2.75) is 39.2 Å². The number of benzene rings is 3. The molecule has 0 aromatic heterocycles. The fourth-order valence-electron chi connectivity index (χ4n) is 3.41. The number of ether oxygens (including phenoxy) is 1. The Bertz CT molecular complexity index is 1000. The van der Waals surface area contributed by atoms with E-state index >= 15 is 0 Å². The molecule has 0 bridgehead atoms. The third kappa shape index (κ3) is 4.33. The Morgan fingerprint density at radius 2 is 1.52 bits per heavy atom. The summed E-state index contributed by atoms with van der Waals surface area (Å²) in [5, 5.41) is 22.0. The van der Waals surface area contributed by atoms with Gasteiger partial charge in [0, 0.05) is 16.7 Å². The average Bonchev–Trinajstić information content (AvgIpc) is 2.69. The summed E-state index contributed by atoms with van der Waals surface area (Å²) in [6.45, 7) is 7.14. The van der Waals surface area contributed by atoms with Gasteiger partial charge in [0.2, 0.25) is 0 Å². The number of carbonyl (C=O) groups is 1. The Labute approximate surface area is 171 Å². The number of hydrogen-bond donors (Lipinski definition) is 2. The number of phenols is 1. The number of aliphatic hydroxyl groups is 1. The van der Waals surface area contributed by atoms with Gasteiger partial charge >= 0.3 is 5.97 Å². The summed E-state index contributed by atoms with van der Waals surface area (Å²) >= 11 is 0. The van der Waals surface area contributed by atoms with Crippen LogP contribution in [0.15, 0.2) is 66.7 Å². The molecule has 0 heterocycles. The topological polar surface area (TPSA) is 66.8 Å². The number of esters is 1. The second kappa shape index (κ2) is 8.10. The van der Waals surface area contributed by atoms with Crippen LogP contribution in [0.1, 0.15) is 55.1 Å². The van der Waals surface area contributed by atoms with Gasteiger partial charge in [-0.2, -0.15) is 0 Å². The summed E-state index contributed by atoms with van der Waals surface area (Å²) in [5.74, 6) is -0.201. The molecule has 0 atom stereocenters. The first-order valence-electron chi connectivity index (χ1n) is 9.65. The maximum Gasteiger partial charge on any atom is 0.343 e. The Hall–Kier alpha value is -3.11. The molecule has 0 saturated carbocycles. The average molecular weight is 390 g/mol. The number of carbonyl (C=O) groups excluding carboxylic acids is 1. The summed E-state index contributed by atoms with van der Waals surface area (Å²) in [5.41, 5.74) is 1.28. The molecule has 3 aromatic rings. The largest absolute Gasteiger partial charge is 0.507 e. The lowest BCUT2D eigenvalue weighted by Gasteiger charge is -2.27. The van der Waals surface area contributed by atoms with Crippen LogP contribution in [0, 0.1) is 0 Å². The zero-order valence-corrected chi connectivity index (χ0v) is 17.1. The fraction of sp³-hybridized carbons (Fsp3) is 0.240. The van der Waals surface area contributed by atoms with Crippen molar-refractivity contribution in [3.63, 3.8) is 0 Å². The normalized spacial score (nSPS) is 11.5. The van der Waals surface area contributed by atoms with E-state index in [-0.39, 0.29) is 17.4 Å². The van der Waals surface area contributed by atoms with E-state index in [1.807, 2.05) is 50.2 Å². The van der Waals surface area contributed by atoms with Crippen LogP contribution in [0.5, 0.6) is 11.5 Å². The highest BCUT2D eigenvalue weighted by Gasteiger charge is 2.31. The quantitative estimate of drug-likeness (QED) is 0.438. The van der Waals surface area contributed by atoms with Crippen molar-refractivity contribution < 1.29 is 19.7 Å². The van der Waals surface area contributed by atoms with Gasteiger partial charge in [0.25, 0.3) is 0 Å². The van der Waals surface area contributed by atoms with E-state index in [1.165, 1.54) is 0 Å². The van der Waals surface area contributed by atoms with E-state index in [2.05, 4.69) is 0 Å². The zero-order valence-electron chi connectivity index (χ0n) is 17.1. The molecule has 0 aliphatic heterocycles. The van der Waals surface area contributed by atoms with Crippen molar-refractivity contribution in [1.82, 2.24) is 0 Å². The van der Waals surface area contributed by atoms with Crippen LogP contribution in [0.3, 0.4) is 0 Å². The minimum absolute atomic E-state index is 0.0116. The number of phenolic OH excluding ortho intramolecular Hbond substituents is 1. The Balaban J connectivity index is 2.27. The summed E-state index contributed by atoms with van der Waals surface area (Å²) in [4.78, 5) is 12.7. The molecule has 4 heteroatoms. The molecule has 3 rings (SSSR count). The molecule has 0 radical (unpaired) electrons. The van der Waals surface area contributed by atoms with E-state index in [0.29, 0.717) is 22.3 Å². The predicted octanol–water partition coefficient (Wildman–Crippen LogP) is 5.63. The molecule has 0 aliphatic rings. The number of rotatable bonds is 5. The smallest absolute Gasteiger partial charge is 0.343 e. The van der Waals surface area contributed by atoms with Crippen molar-refractivity contribution in [2.24, 2.45) is 0 Å². The maximum absolute atomic E-state index is 12.7. The van der Waals surface area contributed by atoms with Crippen LogP contribution in [0.4, 0.5) is 0 Å². The van der Waals surface area contributed by atoms with E-state index in [0.717, 1.165) is 5.56 Å². The second-order valence-corrected chi connectivity index (χ2v) is 7.90. The van der Waals surface area contributed by atoms with Gasteiger partial charge in [0.15, 0.2) is 0 Å². The molecular formula is C25H26O4. The van der Waals surface area contributed by atoms with Gasteiger partial charge in [0.1, 0.15) is 11.5 Å². The highest BCUT2D eigenvalue weighted by molar-refractivity contribution is 5.92. The van der Waals surface area contributed by atoms with Gasteiger partial charge < -0.3 is 14.9 Å². The lowest BCUT2D eigenvalue weighted by Crippen LogP contribution is -2.21. The molecule has 0 fully saturated rings. The van der Waals surface area contributed by atoms with Gasteiger partial charge in [-0.05, 0) is 43.5 Å². The molecule has 2 N–H and O–H groups in total. The molecule has 0 spiro atoms. The monoisotopic (exact) mass is 390 g/mol. The molecule has 0 saturated heterocycles. The molecule has 0 amide bonds. The van der Waals surface area contributed by atoms with E-state index in [4.69, 9.17) is 4.74 Å². The van der Waals surface area contributed by atoms with E-state index in [1.54, 1.807) is 44.2 Å². The zero-order chi connectivity index (χ0) is 21.2. The summed E-state index contributed by atoms with van der Waals surface area (Å²) in [6.07, 6.45) is 0. The summed E-state index contributed by atoms with van der Waals surface area (Å²) in [6, 6.07) is 19.7. The van der Waals surface area contributed by atoms with Crippen LogP contribution < -0.4 is 4.74 Å². The predicted molar refractivity (Wildman–Crippen MR) is 114 cm³/mol. The molecule has 3 aromatic carbocycles. The summed E-state index contributed by atoms with van der Waals surface area (Å²) in [7, 11) is 0. The minimum atomic E-state index is -1.36. The summed E-state index contributed by atoms with van der Waals surface area (Å²) < 4.78 is 5.76. The van der Waals surface area contributed by atoms with Gasteiger partial charge in [0.05, 0.1) is 11.2 Å². The van der Waals surface area contributed by atoms with Gasteiger partial charge in [-0.3, -0.25) is 0 Å². The van der Waals surface area contributed by atoms with Crippen LogP contribution in [0.2, 0.25) is 0 Å². The van der Waals surface area contributed by atoms with Crippen LogP contribution >= 0.6 is 0 Å². The molecule has 0 unspecified atom stereocenters. The third-order valence-corrected chi connectivity index (χ3v) is 4.80. The SMILES string of the molecule is CC(C)c1cc(OC(=O)c2ccccc2)c(C(C)(C)O)c(-c2ccccc2)c1O. The molecule has 29 heavy (non-hydrogen) atoms. The maximum atomic E-state index is 12.7. The van der Waals surface area contributed by atoms with Crippen molar-refractivity contribution in [2.75, 3.05) is 0 Å². The van der Waals surface area contributed by atoms with Crippen LogP contribution in [-0.4, -0.2) is 16.2 Å². The molecule has 4 nitrogen and oxygen atoms in total. The second-order valence-electron chi connectivity index (χ2n) is 7.90. The van der Waals surface area contributed by atoms with Crippen LogP contribution in [-0.2, 0) is 5.60 Å². The van der Waals surface area contributed by atoms with Gasteiger partial charge in [-0.25, -0.2) is 4.79 Å².